The fraction of sp³-hybridized carbons (Fsp3) is 0.917. The highest BCUT2D eigenvalue weighted by Gasteiger charge is 2.38. The van der Waals surface area contributed by atoms with Gasteiger partial charge in [-0.05, 0) is 26.2 Å². The molecule has 0 bridgehead atoms. The second-order valence-electron chi connectivity index (χ2n) is 4.73. The highest BCUT2D eigenvalue weighted by atomic mass is 16.3. The first kappa shape index (κ1) is 12.5. The maximum atomic E-state index is 12.2. The molecule has 1 rings (SSSR count). The first-order valence-electron chi connectivity index (χ1n) is 6.04. The Morgan fingerprint density at radius 3 is 2.47 bits per heavy atom. The number of hydrogen-bond donors (Lipinski definition) is 1. The van der Waals surface area contributed by atoms with Gasteiger partial charge in [-0.15, -0.1) is 0 Å². The average molecular weight is 213 g/mol. The van der Waals surface area contributed by atoms with Gasteiger partial charge >= 0.3 is 0 Å². The summed E-state index contributed by atoms with van der Waals surface area (Å²) in [5.74, 6) is 0.288. The molecule has 0 aromatic rings. The molecule has 15 heavy (non-hydrogen) atoms. The Labute approximate surface area is 92.5 Å². The molecule has 0 aromatic carbocycles. The molecule has 88 valence electrons. The van der Waals surface area contributed by atoms with Crippen LogP contribution in [0.4, 0.5) is 0 Å². The van der Waals surface area contributed by atoms with Crippen molar-refractivity contribution in [3.05, 3.63) is 0 Å². The second-order valence-corrected chi connectivity index (χ2v) is 4.73. The fourth-order valence-corrected chi connectivity index (χ4v) is 2.42. The maximum Gasteiger partial charge on any atom is 0.228 e. The van der Waals surface area contributed by atoms with Gasteiger partial charge in [0, 0.05) is 25.1 Å². The number of rotatable bonds is 5. The summed E-state index contributed by atoms with van der Waals surface area (Å²) in [7, 11) is 0. The minimum atomic E-state index is -0.120. The van der Waals surface area contributed by atoms with Gasteiger partial charge in [-0.2, -0.15) is 0 Å². The molecule has 1 fully saturated rings. The van der Waals surface area contributed by atoms with Gasteiger partial charge in [0.25, 0.3) is 0 Å². The van der Waals surface area contributed by atoms with Crippen molar-refractivity contribution in [2.75, 3.05) is 19.7 Å². The Bertz CT molecular complexity index is 210. The van der Waals surface area contributed by atoms with E-state index in [9.17, 15) is 4.79 Å². The van der Waals surface area contributed by atoms with E-state index in [0.29, 0.717) is 13.0 Å². The summed E-state index contributed by atoms with van der Waals surface area (Å²) in [5.41, 5.74) is -0.120. The lowest BCUT2D eigenvalue weighted by Gasteiger charge is -2.30. The van der Waals surface area contributed by atoms with Crippen LogP contribution in [-0.2, 0) is 4.79 Å². The van der Waals surface area contributed by atoms with E-state index in [1.807, 2.05) is 11.8 Å². The van der Waals surface area contributed by atoms with Crippen LogP contribution in [0.3, 0.4) is 0 Å². The van der Waals surface area contributed by atoms with Crippen LogP contribution in [0.1, 0.15) is 46.0 Å². The molecule has 0 aliphatic heterocycles. The molecule has 1 N–H and O–H groups in total. The van der Waals surface area contributed by atoms with Crippen molar-refractivity contribution in [2.24, 2.45) is 5.41 Å². The van der Waals surface area contributed by atoms with Crippen molar-refractivity contribution >= 4 is 5.91 Å². The quantitative estimate of drug-likeness (QED) is 0.756. The molecule has 1 aliphatic rings. The molecule has 0 spiro atoms. The third-order valence-corrected chi connectivity index (χ3v) is 3.48. The zero-order chi connectivity index (χ0) is 11.3. The van der Waals surface area contributed by atoms with E-state index in [4.69, 9.17) is 5.11 Å². The number of carbonyl (C=O) groups is 1. The molecule has 0 aromatic heterocycles. The van der Waals surface area contributed by atoms with Gasteiger partial charge in [-0.25, -0.2) is 0 Å². The van der Waals surface area contributed by atoms with Gasteiger partial charge < -0.3 is 10.0 Å². The third kappa shape index (κ3) is 2.94. The van der Waals surface area contributed by atoms with Gasteiger partial charge in [-0.1, -0.05) is 19.8 Å². The lowest BCUT2D eigenvalue weighted by atomic mass is 9.87. The smallest absolute Gasteiger partial charge is 0.228 e. The first-order chi connectivity index (χ1) is 7.14. The van der Waals surface area contributed by atoms with Crippen molar-refractivity contribution in [3.8, 4) is 0 Å². The topological polar surface area (TPSA) is 40.5 Å². The SMILES string of the molecule is CCN(CCCO)C(=O)C1(C)CCCC1. The van der Waals surface area contributed by atoms with Crippen LogP contribution in [-0.4, -0.2) is 35.6 Å². The van der Waals surface area contributed by atoms with Crippen LogP contribution in [0.15, 0.2) is 0 Å². The minimum Gasteiger partial charge on any atom is -0.396 e. The molecule has 0 saturated heterocycles. The molecule has 3 nitrogen and oxygen atoms in total. The van der Waals surface area contributed by atoms with Crippen molar-refractivity contribution < 1.29 is 9.90 Å². The van der Waals surface area contributed by atoms with E-state index in [2.05, 4.69) is 6.92 Å². The van der Waals surface area contributed by atoms with E-state index in [0.717, 1.165) is 19.4 Å². The van der Waals surface area contributed by atoms with Crippen LogP contribution in [0.5, 0.6) is 0 Å². The van der Waals surface area contributed by atoms with Crippen molar-refractivity contribution in [3.63, 3.8) is 0 Å². The maximum absolute atomic E-state index is 12.2. The number of amides is 1. The van der Waals surface area contributed by atoms with Crippen LogP contribution in [0, 0.1) is 5.41 Å². The van der Waals surface area contributed by atoms with Crippen molar-refractivity contribution in [1.82, 2.24) is 4.90 Å². The van der Waals surface area contributed by atoms with Crippen molar-refractivity contribution in [1.29, 1.82) is 0 Å². The normalized spacial score (nSPS) is 19.1. The van der Waals surface area contributed by atoms with E-state index in [1.54, 1.807) is 0 Å². The van der Waals surface area contributed by atoms with Gasteiger partial charge in [-0.3, -0.25) is 4.79 Å². The standard InChI is InChI=1S/C12H23NO2/c1-3-13(9-6-10-14)11(15)12(2)7-4-5-8-12/h14H,3-10H2,1-2H3. The van der Waals surface area contributed by atoms with E-state index < -0.39 is 0 Å². The summed E-state index contributed by atoms with van der Waals surface area (Å²) in [5, 5.41) is 8.78. The predicted octanol–water partition coefficient (Wildman–Crippen LogP) is 1.80. The molecule has 1 saturated carbocycles. The highest BCUT2D eigenvalue weighted by Crippen LogP contribution is 2.39. The van der Waals surface area contributed by atoms with Gasteiger partial charge in [0.05, 0.1) is 0 Å². The Balaban J connectivity index is 2.55. The fourth-order valence-electron chi connectivity index (χ4n) is 2.42. The van der Waals surface area contributed by atoms with Gasteiger partial charge in [0.15, 0.2) is 0 Å². The molecule has 1 amide bonds. The monoisotopic (exact) mass is 213 g/mol. The number of nitrogens with zero attached hydrogens (tertiary/aromatic N) is 1. The number of aliphatic hydroxyl groups is 1. The molecule has 3 heteroatoms. The van der Waals surface area contributed by atoms with E-state index in [-0.39, 0.29) is 17.9 Å². The number of aliphatic hydroxyl groups excluding tert-OH is 1. The van der Waals surface area contributed by atoms with E-state index >= 15 is 0 Å². The average Bonchev–Trinajstić information content (AvgIpc) is 2.67. The molecule has 0 radical (unpaired) electrons. The lowest BCUT2D eigenvalue weighted by molar-refractivity contribution is -0.140. The highest BCUT2D eigenvalue weighted by molar-refractivity contribution is 5.82. The Morgan fingerprint density at radius 2 is 2.00 bits per heavy atom. The molecular weight excluding hydrogens is 190 g/mol. The number of hydrogen-bond acceptors (Lipinski definition) is 2. The second kappa shape index (κ2) is 5.50. The summed E-state index contributed by atoms with van der Waals surface area (Å²) in [6.07, 6.45) is 5.11. The lowest BCUT2D eigenvalue weighted by Crippen LogP contribution is -2.41. The minimum absolute atomic E-state index is 0.120. The Hall–Kier alpha value is -0.570. The molecule has 0 heterocycles. The largest absolute Gasteiger partial charge is 0.396 e. The van der Waals surface area contributed by atoms with Crippen LogP contribution in [0.2, 0.25) is 0 Å². The van der Waals surface area contributed by atoms with Crippen LogP contribution >= 0.6 is 0 Å². The third-order valence-electron chi connectivity index (χ3n) is 3.48. The predicted molar refractivity (Wildman–Crippen MR) is 60.5 cm³/mol. The summed E-state index contributed by atoms with van der Waals surface area (Å²) < 4.78 is 0. The summed E-state index contributed by atoms with van der Waals surface area (Å²) >= 11 is 0. The zero-order valence-electron chi connectivity index (χ0n) is 9.96. The molecule has 0 atom stereocenters. The van der Waals surface area contributed by atoms with Crippen LogP contribution in [0.25, 0.3) is 0 Å². The summed E-state index contributed by atoms with van der Waals surface area (Å²) in [6.45, 7) is 5.72. The van der Waals surface area contributed by atoms with Gasteiger partial charge in [0.1, 0.15) is 0 Å². The molecule has 0 unspecified atom stereocenters. The van der Waals surface area contributed by atoms with Gasteiger partial charge in [0.2, 0.25) is 5.91 Å². The summed E-state index contributed by atoms with van der Waals surface area (Å²) in [6, 6.07) is 0. The zero-order valence-corrected chi connectivity index (χ0v) is 9.96. The Morgan fingerprint density at radius 1 is 1.40 bits per heavy atom. The van der Waals surface area contributed by atoms with E-state index in [1.165, 1.54) is 12.8 Å². The molecular formula is C12H23NO2. The number of carbonyl (C=O) groups excluding carboxylic acids is 1. The van der Waals surface area contributed by atoms with Crippen LogP contribution < -0.4 is 0 Å². The first-order valence-corrected chi connectivity index (χ1v) is 6.04. The Kier molecular flexibility index (Phi) is 4.58. The summed E-state index contributed by atoms with van der Waals surface area (Å²) in [4.78, 5) is 14.1. The molecule has 1 aliphatic carbocycles. The van der Waals surface area contributed by atoms with Crippen molar-refractivity contribution in [2.45, 2.75) is 46.0 Å².